The summed E-state index contributed by atoms with van der Waals surface area (Å²) in [4.78, 5) is 12.9. The third kappa shape index (κ3) is 3.26. The highest BCUT2D eigenvalue weighted by Crippen LogP contribution is 2.34. The molecule has 2 rings (SSSR count). The summed E-state index contributed by atoms with van der Waals surface area (Å²) < 4.78 is 19.4. The fraction of sp³-hybridized carbons (Fsp3) is 0.588. The third-order valence-corrected chi connectivity index (χ3v) is 4.05. The number of rotatable bonds is 4. The zero-order chi connectivity index (χ0) is 14.6. The van der Waals surface area contributed by atoms with Crippen LogP contribution in [0.15, 0.2) is 18.2 Å². The number of carbonyl (C=O) groups excluding carboxylic acids is 1. The summed E-state index contributed by atoms with van der Waals surface area (Å²) in [5, 5.41) is 0. The van der Waals surface area contributed by atoms with E-state index in [1.807, 2.05) is 6.92 Å². The van der Waals surface area contributed by atoms with E-state index in [1.54, 1.807) is 13.0 Å². The number of ether oxygens (including phenoxy) is 1. The lowest BCUT2D eigenvalue weighted by Crippen LogP contribution is -2.41. The minimum Gasteiger partial charge on any atom is -0.367 e. The predicted molar refractivity (Wildman–Crippen MR) is 77.5 cm³/mol. The summed E-state index contributed by atoms with van der Waals surface area (Å²) in [5.41, 5.74) is 0.470. The molecule has 20 heavy (non-hydrogen) atoms. The number of hydrogen-bond donors (Lipinski definition) is 0. The highest BCUT2D eigenvalue weighted by Gasteiger charge is 2.39. The van der Waals surface area contributed by atoms with Crippen LogP contribution in [0.2, 0.25) is 0 Å². The molecule has 0 heterocycles. The zero-order valence-electron chi connectivity index (χ0n) is 12.4. The van der Waals surface area contributed by atoms with Crippen molar-refractivity contribution in [2.24, 2.45) is 0 Å². The van der Waals surface area contributed by atoms with Gasteiger partial charge in [0.05, 0.1) is 0 Å². The molecule has 0 spiro atoms. The second-order valence-corrected chi connectivity index (χ2v) is 5.69. The minimum absolute atomic E-state index is 0.0520. The van der Waals surface area contributed by atoms with Crippen molar-refractivity contribution < 1.29 is 13.9 Å². The summed E-state index contributed by atoms with van der Waals surface area (Å²) in [5.74, 6) is -0.405. The van der Waals surface area contributed by atoms with Gasteiger partial charge >= 0.3 is 0 Å². The van der Waals surface area contributed by atoms with E-state index in [4.69, 9.17) is 4.74 Å². The first-order chi connectivity index (χ1) is 9.57. The number of Topliss-reactive ketones (excluding diaryl/α,β-unsaturated/α-hetero) is 1. The molecular weight excluding hydrogens is 255 g/mol. The minimum atomic E-state index is -0.745. The average molecular weight is 278 g/mol. The van der Waals surface area contributed by atoms with Crippen molar-refractivity contribution in [3.8, 4) is 0 Å². The lowest BCUT2D eigenvalue weighted by atomic mass is 9.85. The van der Waals surface area contributed by atoms with Crippen LogP contribution in [-0.4, -0.2) is 18.0 Å². The summed E-state index contributed by atoms with van der Waals surface area (Å²) in [6, 6.07) is 4.54. The Morgan fingerprint density at radius 3 is 2.40 bits per heavy atom. The first kappa shape index (κ1) is 15.2. The van der Waals surface area contributed by atoms with Crippen molar-refractivity contribution in [1.29, 1.82) is 0 Å². The van der Waals surface area contributed by atoms with Crippen molar-refractivity contribution in [2.75, 3.05) is 6.61 Å². The van der Waals surface area contributed by atoms with Crippen LogP contribution in [0.4, 0.5) is 4.39 Å². The van der Waals surface area contributed by atoms with Crippen LogP contribution in [0.1, 0.15) is 61.4 Å². The first-order valence-electron chi connectivity index (χ1n) is 7.53. The van der Waals surface area contributed by atoms with Gasteiger partial charge in [0, 0.05) is 12.2 Å². The molecule has 2 nitrogen and oxygen atoms in total. The second-order valence-electron chi connectivity index (χ2n) is 5.69. The Morgan fingerprint density at radius 2 is 1.85 bits per heavy atom. The van der Waals surface area contributed by atoms with E-state index in [0.29, 0.717) is 12.2 Å². The van der Waals surface area contributed by atoms with Gasteiger partial charge in [0.15, 0.2) is 5.78 Å². The molecule has 0 saturated heterocycles. The van der Waals surface area contributed by atoms with Gasteiger partial charge in [0.25, 0.3) is 0 Å². The number of halogens is 1. The van der Waals surface area contributed by atoms with Gasteiger partial charge in [-0.2, -0.15) is 0 Å². The Kier molecular flexibility index (Phi) is 4.92. The van der Waals surface area contributed by atoms with Crippen LogP contribution < -0.4 is 0 Å². The fourth-order valence-corrected chi connectivity index (χ4v) is 3.14. The van der Waals surface area contributed by atoms with Crippen molar-refractivity contribution in [3.05, 3.63) is 35.1 Å². The lowest BCUT2D eigenvalue weighted by molar-refractivity contribution is -0.0292. The van der Waals surface area contributed by atoms with Crippen LogP contribution in [0.5, 0.6) is 0 Å². The summed E-state index contributed by atoms with van der Waals surface area (Å²) in [6.45, 7) is 4.23. The Hall–Kier alpha value is -1.22. The number of carbonyl (C=O) groups is 1. The lowest BCUT2D eigenvalue weighted by Gasteiger charge is -2.31. The van der Waals surface area contributed by atoms with Gasteiger partial charge in [0.2, 0.25) is 0 Å². The van der Waals surface area contributed by atoms with Crippen molar-refractivity contribution in [2.45, 2.75) is 58.0 Å². The average Bonchev–Trinajstić information content (AvgIpc) is 2.64. The Morgan fingerprint density at radius 1 is 1.20 bits per heavy atom. The van der Waals surface area contributed by atoms with Gasteiger partial charge in [-0.25, -0.2) is 4.39 Å². The maximum Gasteiger partial charge on any atom is 0.194 e. The summed E-state index contributed by atoms with van der Waals surface area (Å²) in [7, 11) is 0. The molecule has 0 radical (unpaired) electrons. The molecule has 110 valence electrons. The maximum atomic E-state index is 13.6. The number of hydrogen-bond acceptors (Lipinski definition) is 2. The summed E-state index contributed by atoms with van der Waals surface area (Å²) >= 11 is 0. The van der Waals surface area contributed by atoms with E-state index >= 15 is 0 Å². The Bertz CT molecular complexity index is 454. The highest BCUT2D eigenvalue weighted by molar-refractivity contribution is 6.02. The van der Waals surface area contributed by atoms with Crippen molar-refractivity contribution in [1.82, 2.24) is 0 Å². The molecule has 1 saturated carbocycles. The van der Waals surface area contributed by atoms with Crippen LogP contribution in [0.25, 0.3) is 0 Å². The Balaban J connectivity index is 2.34. The van der Waals surface area contributed by atoms with E-state index in [9.17, 15) is 9.18 Å². The molecule has 1 aromatic rings. The van der Waals surface area contributed by atoms with E-state index in [1.165, 1.54) is 12.1 Å². The van der Waals surface area contributed by atoms with Crippen LogP contribution in [0, 0.1) is 12.7 Å². The van der Waals surface area contributed by atoms with E-state index in [2.05, 4.69) is 0 Å². The highest BCUT2D eigenvalue weighted by atomic mass is 19.1. The van der Waals surface area contributed by atoms with Gasteiger partial charge in [-0.15, -0.1) is 0 Å². The van der Waals surface area contributed by atoms with Gasteiger partial charge < -0.3 is 4.74 Å². The van der Waals surface area contributed by atoms with Gasteiger partial charge in [-0.1, -0.05) is 25.7 Å². The SMILES string of the molecule is CCOC1(C(=O)c2cc(C)cc(F)c2)CCCCCC1. The maximum absolute atomic E-state index is 13.6. The van der Waals surface area contributed by atoms with E-state index in [0.717, 1.165) is 44.1 Å². The molecule has 0 atom stereocenters. The van der Waals surface area contributed by atoms with Crippen molar-refractivity contribution >= 4 is 5.78 Å². The van der Waals surface area contributed by atoms with Crippen molar-refractivity contribution in [3.63, 3.8) is 0 Å². The molecule has 1 aliphatic carbocycles. The molecular formula is C17H23FO2. The Labute approximate surface area is 120 Å². The molecule has 0 aromatic heterocycles. The smallest absolute Gasteiger partial charge is 0.194 e. The van der Waals surface area contributed by atoms with E-state index < -0.39 is 5.60 Å². The molecule has 0 amide bonds. The largest absolute Gasteiger partial charge is 0.367 e. The zero-order valence-corrected chi connectivity index (χ0v) is 12.4. The van der Waals surface area contributed by atoms with Gasteiger partial charge in [0.1, 0.15) is 11.4 Å². The fourth-order valence-electron chi connectivity index (χ4n) is 3.14. The molecule has 1 aromatic carbocycles. The van der Waals surface area contributed by atoms with E-state index in [-0.39, 0.29) is 11.6 Å². The van der Waals surface area contributed by atoms with Crippen LogP contribution >= 0.6 is 0 Å². The van der Waals surface area contributed by atoms with Crippen LogP contribution in [0.3, 0.4) is 0 Å². The quantitative estimate of drug-likeness (QED) is 0.601. The number of aryl methyl sites for hydroxylation is 1. The number of ketones is 1. The normalized spacial score (nSPS) is 18.6. The second kappa shape index (κ2) is 6.49. The molecule has 0 aliphatic heterocycles. The molecule has 0 bridgehead atoms. The molecule has 0 N–H and O–H groups in total. The molecule has 1 fully saturated rings. The molecule has 0 unspecified atom stereocenters. The van der Waals surface area contributed by atoms with Gasteiger partial charge in [-0.05, 0) is 50.5 Å². The third-order valence-electron chi connectivity index (χ3n) is 4.05. The molecule has 1 aliphatic rings. The standard InChI is InChI=1S/C17H23FO2/c1-3-20-17(8-6-4-5-7-9-17)16(19)14-10-13(2)11-15(18)12-14/h10-12H,3-9H2,1-2H3. The molecule has 3 heteroatoms. The first-order valence-corrected chi connectivity index (χ1v) is 7.53. The summed E-state index contributed by atoms with van der Waals surface area (Å²) in [6.07, 6.45) is 5.78. The van der Waals surface area contributed by atoms with Crippen LogP contribution in [-0.2, 0) is 4.74 Å². The topological polar surface area (TPSA) is 26.3 Å². The monoisotopic (exact) mass is 278 g/mol. The number of benzene rings is 1. The van der Waals surface area contributed by atoms with Gasteiger partial charge in [-0.3, -0.25) is 4.79 Å². The predicted octanol–water partition coefficient (Wildman–Crippen LogP) is 4.45.